The summed E-state index contributed by atoms with van der Waals surface area (Å²) in [5, 5.41) is 2.19. The van der Waals surface area contributed by atoms with Crippen molar-refractivity contribution in [2.75, 3.05) is 24.6 Å². The Morgan fingerprint density at radius 1 is 1.18 bits per heavy atom. The molecule has 0 radical (unpaired) electrons. The number of carbonyl (C=O) groups is 3. The molecule has 0 bridgehead atoms. The lowest BCUT2D eigenvalue weighted by atomic mass is 9.96. The van der Waals surface area contributed by atoms with Gasteiger partial charge >= 0.3 is 6.18 Å². The molecule has 7 nitrogen and oxygen atoms in total. The Morgan fingerprint density at radius 3 is 2.50 bits per heavy atom. The van der Waals surface area contributed by atoms with Crippen molar-refractivity contribution in [3.05, 3.63) is 65.0 Å². The number of hydrogen-bond acceptors (Lipinski definition) is 4. The molecule has 0 fully saturated rings. The van der Waals surface area contributed by atoms with Crippen LogP contribution in [-0.4, -0.2) is 49.5 Å². The van der Waals surface area contributed by atoms with Crippen molar-refractivity contribution in [2.24, 2.45) is 5.73 Å². The molecule has 1 aliphatic heterocycles. The summed E-state index contributed by atoms with van der Waals surface area (Å²) < 4.78 is 105. The summed E-state index contributed by atoms with van der Waals surface area (Å²) in [6.07, 6.45) is -7.49. The molecule has 0 aliphatic carbocycles. The second-order valence-electron chi connectivity index (χ2n) is 8.93. The number of amides is 3. The van der Waals surface area contributed by atoms with Crippen LogP contribution < -0.4 is 20.7 Å². The number of hydrogen-bond donors (Lipinski definition) is 2. The third-order valence-electron chi connectivity index (χ3n) is 5.78. The average molecular weight is 575 g/mol. The number of halogens is 7. The molecule has 3 N–H and O–H groups in total. The van der Waals surface area contributed by atoms with Crippen LogP contribution in [0.1, 0.15) is 41.3 Å². The van der Waals surface area contributed by atoms with E-state index in [1.807, 2.05) is 0 Å². The molecule has 1 heterocycles. The summed E-state index contributed by atoms with van der Waals surface area (Å²) in [5.41, 5.74) is 0.676. The number of rotatable bonds is 8. The maximum Gasteiger partial charge on any atom is 0.417 e. The van der Waals surface area contributed by atoms with Crippen LogP contribution in [0.2, 0.25) is 0 Å². The number of nitrogens with one attached hydrogen (secondary N) is 1. The Morgan fingerprint density at radius 2 is 1.88 bits per heavy atom. The summed E-state index contributed by atoms with van der Waals surface area (Å²) in [6, 6.07) is 4.68. The third-order valence-corrected chi connectivity index (χ3v) is 5.78. The minimum atomic E-state index is -5.08. The number of alkyl halides is 6. The molecule has 3 rings (SSSR count). The first kappa shape index (κ1) is 30.4. The zero-order valence-corrected chi connectivity index (χ0v) is 21.0. The predicted molar refractivity (Wildman–Crippen MR) is 130 cm³/mol. The minimum absolute atomic E-state index is 0.270. The second kappa shape index (κ2) is 12.0. The smallest absolute Gasteiger partial charge is 0.417 e. The van der Waals surface area contributed by atoms with E-state index in [1.165, 1.54) is 0 Å². The van der Waals surface area contributed by atoms with Crippen LogP contribution in [0.25, 0.3) is 5.57 Å². The van der Waals surface area contributed by atoms with Crippen molar-refractivity contribution < 1.29 is 49.9 Å². The van der Waals surface area contributed by atoms with E-state index in [0.29, 0.717) is 23.1 Å². The summed E-state index contributed by atoms with van der Waals surface area (Å²) >= 11 is 0. The van der Waals surface area contributed by atoms with Gasteiger partial charge in [0.25, 0.3) is 11.8 Å². The number of anilines is 1. The number of carbonyl (C=O) groups excluding carboxylic acids is 3. The standard InChI is InChI=1S/C26H24F7N3O4/c1-14(27)13-40-16-3-4-17(20(11-16)26(31,32)33)24(39)36-9-7-25(29,30)19(12-23(38)35-8-6-22(34)37)18-10-15(28)2-5-21(18)36/h2-5,10-12,14H,6-9,13H2,1H3,(H2,34,37)(H,35,38)/b19-12-/t14-/m0/s1. The Hall–Kier alpha value is -4.10. The second-order valence-corrected chi connectivity index (χ2v) is 8.93. The average Bonchev–Trinajstić information content (AvgIpc) is 2.95. The monoisotopic (exact) mass is 575 g/mol. The first-order valence-corrected chi connectivity index (χ1v) is 11.9. The van der Waals surface area contributed by atoms with Gasteiger partial charge in [0, 0.05) is 43.1 Å². The molecule has 216 valence electrons. The largest absolute Gasteiger partial charge is 0.491 e. The Balaban J connectivity index is 2.08. The molecule has 40 heavy (non-hydrogen) atoms. The number of nitrogens with zero attached hydrogens (tertiary/aromatic N) is 1. The van der Waals surface area contributed by atoms with Gasteiger partial charge in [-0.1, -0.05) is 0 Å². The lowest BCUT2D eigenvalue weighted by molar-refractivity contribution is -0.138. The van der Waals surface area contributed by atoms with Crippen molar-refractivity contribution in [3.63, 3.8) is 0 Å². The number of nitrogens with two attached hydrogens (primary N) is 1. The van der Waals surface area contributed by atoms with Crippen LogP contribution in [0, 0.1) is 5.82 Å². The van der Waals surface area contributed by atoms with Gasteiger partial charge in [-0.05, 0) is 43.3 Å². The summed E-state index contributed by atoms with van der Waals surface area (Å²) in [6.45, 7) is -0.477. The molecule has 0 aromatic heterocycles. The first-order valence-electron chi connectivity index (χ1n) is 11.9. The van der Waals surface area contributed by atoms with Crippen LogP contribution in [-0.2, 0) is 15.8 Å². The number of ether oxygens (including phenoxy) is 1. The van der Waals surface area contributed by atoms with E-state index in [0.717, 1.165) is 31.2 Å². The fraction of sp³-hybridized carbons (Fsp3) is 0.346. The van der Waals surface area contributed by atoms with Gasteiger partial charge in [-0.15, -0.1) is 0 Å². The number of allylic oxidation sites excluding steroid dienone is 1. The van der Waals surface area contributed by atoms with Crippen LogP contribution in [0.15, 0.2) is 42.5 Å². The SMILES string of the molecule is C[C@H](F)COc1ccc(C(=O)N2CCC(F)(F)/C(=C\C(=O)NCCC(N)=O)c3cc(F)ccc32)c(C(F)(F)F)c1. The van der Waals surface area contributed by atoms with Crippen molar-refractivity contribution in [1.82, 2.24) is 5.32 Å². The highest BCUT2D eigenvalue weighted by molar-refractivity contribution is 6.10. The highest BCUT2D eigenvalue weighted by Gasteiger charge is 2.43. The summed E-state index contributed by atoms with van der Waals surface area (Å²) in [4.78, 5) is 37.2. The van der Waals surface area contributed by atoms with Crippen LogP contribution in [0.5, 0.6) is 5.75 Å². The quantitative estimate of drug-likeness (QED) is 0.354. The molecule has 1 atom stereocenters. The third kappa shape index (κ3) is 7.30. The van der Waals surface area contributed by atoms with Gasteiger partial charge in [0.05, 0.1) is 16.8 Å². The van der Waals surface area contributed by atoms with Crippen molar-refractivity contribution in [3.8, 4) is 5.75 Å². The van der Waals surface area contributed by atoms with Gasteiger partial charge < -0.3 is 20.7 Å². The lowest BCUT2D eigenvalue weighted by Crippen LogP contribution is -2.34. The molecule has 0 saturated heterocycles. The van der Waals surface area contributed by atoms with Gasteiger partial charge in [-0.2, -0.15) is 13.2 Å². The lowest BCUT2D eigenvalue weighted by Gasteiger charge is -2.25. The molecular weight excluding hydrogens is 551 g/mol. The number of fused-ring (bicyclic) bond motifs is 1. The van der Waals surface area contributed by atoms with Crippen LogP contribution in [0.3, 0.4) is 0 Å². The van der Waals surface area contributed by atoms with Crippen molar-refractivity contribution in [2.45, 2.75) is 38.0 Å². The maximum atomic E-state index is 15.3. The van der Waals surface area contributed by atoms with E-state index in [2.05, 4.69) is 5.32 Å². The Labute approximate surface area is 223 Å². The number of primary amides is 1. The minimum Gasteiger partial charge on any atom is -0.491 e. The molecule has 2 aromatic carbocycles. The fourth-order valence-corrected chi connectivity index (χ4v) is 3.94. The van der Waals surface area contributed by atoms with E-state index in [-0.39, 0.29) is 24.4 Å². The Bertz CT molecular complexity index is 1330. The normalized spacial score (nSPS) is 16.6. The molecule has 3 amide bonds. The van der Waals surface area contributed by atoms with Crippen LogP contribution >= 0.6 is 0 Å². The van der Waals surface area contributed by atoms with Gasteiger partial charge in [0.1, 0.15) is 24.3 Å². The zero-order valence-electron chi connectivity index (χ0n) is 21.0. The molecular formula is C26H24F7N3O4. The molecule has 1 aliphatic rings. The van der Waals surface area contributed by atoms with Crippen LogP contribution in [0.4, 0.5) is 36.4 Å². The highest BCUT2D eigenvalue weighted by atomic mass is 19.4. The highest BCUT2D eigenvalue weighted by Crippen LogP contribution is 2.44. The first-order chi connectivity index (χ1) is 18.6. The van der Waals surface area contributed by atoms with E-state index in [4.69, 9.17) is 10.5 Å². The summed E-state index contributed by atoms with van der Waals surface area (Å²) in [7, 11) is 0. The zero-order chi connectivity index (χ0) is 29.8. The molecule has 14 heteroatoms. The van der Waals surface area contributed by atoms with Gasteiger partial charge in [-0.3, -0.25) is 14.4 Å². The van der Waals surface area contributed by atoms with E-state index in [1.54, 1.807) is 0 Å². The molecule has 0 saturated carbocycles. The number of benzene rings is 2. The van der Waals surface area contributed by atoms with Crippen molar-refractivity contribution >= 4 is 29.0 Å². The fourth-order valence-electron chi connectivity index (χ4n) is 3.94. The van der Waals surface area contributed by atoms with E-state index < -0.39 is 83.6 Å². The predicted octanol–water partition coefficient (Wildman–Crippen LogP) is 4.64. The van der Waals surface area contributed by atoms with E-state index >= 15 is 8.78 Å². The van der Waals surface area contributed by atoms with Crippen molar-refractivity contribution in [1.29, 1.82) is 0 Å². The van der Waals surface area contributed by atoms with Gasteiger partial charge in [-0.25, -0.2) is 17.6 Å². The van der Waals surface area contributed by atoms with Gasteiger partial charge in [0.2, 0.25) is 11.8 Å². The molecule has 2 aromatic rings. The Kier molecular flexibility index (Phi) is 9.10. The van der Waals surface area contributed by atoms with E-state index in [9.17, 15) is 36.3 Å². The summed E-state index contributed by atoms with van der Waals surface area (Å²) in [5.74, 6) is -8.35. The molecule has 0 spiro atoms. The topological polar surface area (TPSA) is 102 Å². The molecule has 0 unspecified atom stereocenters. The van der Waals surface area contributed by atoms with Gasteiger partial charge in [0.15, 0.2) is 0 Å². The maximum absolute atomic E-state index is 15.3.